The Labute approximate surface area is 112 Å². The summed E-state index contributed by atoms with van der Waals surface area (Å²) in [5.41, 5.74) is 3.78. The maximum atomic E-state index is 12.1. The lowest BCUT2D eigenvalue weighted by molar-refractivity contribution is -0.151. The summed E-state index contributed by atoms with van der Waals surface area (Å²) in [5, 5.41) is 9.36. The van der Waals surface area contributed by atoms with Crippen molar-refractivity contribution in [3.05, 3.63) is 23.5 Å². The van der Waals surface area contributed by atoms with Gasteiger partial charge in [-0.15, -0.1) is 0 Å². The van der Waals surface area contributed by atoms with Gasteiger partial charge in [0.15, 0.2) is 0 Å². The SMILES string of the molecule is Cc1ccc(C)n1NC(=O)CC1(C(=O)O)CCCC1. The minimum Gasteiger partial charge on any atom is -0.481 e. The molecule has 1 aliphatic carbocycles. The highest BCUT2D eigenvalue weighted by Crippen LogP contribution is 2.41. The Morgan fingerprint density at radius 3 is 2.26 bits per heavy atom. The minimum atomic E-state index is -0.862. The van der Waals surface area contributed by atoms with Crippen LogP contribution in [0.2, 0.25) is 0 Å². The van der Waals surface area contributed by atoms with E-state index >= 15 is 0 Å². The number of aliphatic carboxylic acids is 1. The van der Waals surface area contributed by atoms with Gasteiger partial charge in [0.1, 0.15) is 0 Å². The van der Waals surface area contributed by atoms with E-state index in [1.807, 2.05) is 26.0 Å². The number of hydrogen-bond donors (Lipinski definition) is 2. The molecule has 0 bridgehead atoms. The van der Waals surface area contributed by atoms with Crippen LogP contribution in [0.3, 0.4) is 0 Å². The molecule has 0 saturated heterocycles. The van der Waals surface area contributed by atoms with Gasteiger partial charge < -0.3 is 5.11 Å². The fraction of sp³-hybridized carbons (Fsp3) is 0.571. The number of aromatic nitrogens is 1. The molecule has 2 rings (SSSR count). The van der Waals surface area contributed by atoms with Crippen LogP contribution in [0.5, 0.6) is 0 Å². The van der Waals surface area contributed by atoms with Crippen molar-refractivity contribution in [2.24, 2.45) is 5.41 Å². The minimum absolute atomic E-state index is 0.0550. The predicted octanol–water partition coefficient (Wildman–Crippen LogP) is 2.21. The van der Waals surface area contributed by atoms with Crippen LogP contribution in [0.1, 0.15) is 43.5 Å². The van der Waals surface area contributed by atoms with Crippen LogP contribution in [0, 0.1) is 19.3 Å². The number of carbonyl (C=O) groups excluding carboxylic acids is 1. The molecule has 5 nitrogen and oxygen atoms in total. The largest absolute Gasteiger partial charge is 0.481 e. The first-order chi connectivity index (χ1) is 8.94. The third-order valence-corrected chi connectivity index (χ3v) is 4.02. The molecule has 19 heavy (non-hydrogen) atoms. The maximum absolute atomic E-state index is 12.1. The van der Waals surface area contributed by atoms with Crippen LogP contribution in [0.25, 0.3) is 0 Å². The molecule has 1 aliphatic rings. The highest BCUT2D eigenvalue weighted by atomic mass is 16.4. The van der Waals surface area contributed by atoms with Gasteiger partial charge in [0, 0.05) is 17.8 Å². The number of amides is 1. The van der Waals surface area contributed by atoms with Crippen LogP contribution in [0.4, 0.5) is 0 Å². The Morgan fingerprint density at radius 1 is 1.26 bits per heavy atom. The molecule has 1 saturated carbocycles. The average Bonchev–Trinajstić information content (AvgIpc) is 2.92. The fourth-order valence-corrected chi connectivity index (χ4v) is 2.83. The molecule has 5 heteroatoms. The highest BCUT2D eigenvalue weighted by Gasteiger charge is 2.43. The number of nitrogens with zero attached hydrogens (tertiary/aromatic N) is 1. The van der Waals surface area contributed by atoms with Crippen LogP contribution in [-0.4, -0.2) is 21.7 Å². The molecule has 104 valence electrons. The fourth-order valence-electron chi connectivity index (χ4n) is 2.83. The first kappa shape index (κ1) is 13.6. The molecule has 0 spiro atoms. The summed E-state index contributed by atoms with van der Waals surface area (Å²) >= 11 is 0. The zero-order chi connectivity index (χ0) is 14.0. The van der Waals surface area contributed by atoms with E-state index in [9.17, 15) is 14.7 Å². The summed E-state index contributed by atoms with van der Waals surface area (Å²) in [6, 6.07) is 3.83. The second-order valence-electron chi connectivity index (χ2n) is 5.46. The second kappa shape index (κ2) is 5.07. The summed E-state index contributed by atoms with van der Waals surface area (Å²) < 4.78 is 1.70. The molecule has 0 aliphatic heterocycles. The van der Waals surface area contributed by atoms with E-state index in [2.05, 4.69) is 5.43 Å². The Hall–Kier alpha value is -1.78. The van der Waals surface area contributed by atoms with Gasteiger partial charge in [0.2, 0.25) is 5.91 Å². The van der Waals surface area contributed by atoms with Crippen molar-refractivity contribution in [3.8, 4) is 0 Å². The normalized spacial score (nSPS) is 17.4. The van der Waals surface area contributed by atoms with Crippen molar-refractivity contribution in [2.75, 3.05) is 5.43 Å². The summed E-state index contributed by atoms with van der Waals surface area (Å²) in [6.45, 7) is 3.80. The molecule has 0 aromatic carbocycles. The van der Waals surface area contributed by atoms with Crippen molar-refractivity contribution in [1.29, 1.82) is 0 Å². The molecule has 0 radical (unpaired) electrons. The van der Waals surface area contributed by atoms with Gasteiger partial charge in [-0.05, 0) is 38.8 Å². The van der Waals surface area contributed by atoms with Crippen LogP contribution >= 0.6 is 0 Å². The third-order valence-electron chi connectivity index (χ3n) is 4.02. The smallest absolute Gasteiger partial charge is 0.310 e. The third kappa shape index (κ3) is 2.64. The number of nitrogens with one attached hydrogen (secondary N) is 1. The lowest BCUT2D eigenvalue weighted by atomic mass is 9.82. The maximum Gasteiger partial charge on any atom is 0.310 e. The first-order valence-electron chi connectivity index (χ1n) is 6.63. The van der Waals surface area contributed by atoms with E-state index in [0.717, 1.165) is 24.2 Å². The summed E-state index contributed by atoms with van der Waals surface area (Å²) in [5.74, 6) is -1.08. The van der Waals surface area contributed by atoms with Gasteiger partial charge >= 0.3 is 5.97 Å². The standard InChI is InChI=1S/C14H20N2O3/c1-10-5-6-11(2)16(10)15-12(17)9-14(13(18)19)7-3-4-8-14/h5-6H,3-4,7-9H2,1-2H3,(H,15,17)(H,18,19). The molecule has 2 N–H and O–H groups in total. The molecule has 1 heterocycles. The Morgan fingerprint density at radius 2 is 1.79 bits per heavy atom. The van der Waals surface area contributed by atoms with Crippen LogP contribution in [-0.2, 0) is 9.59 Å². The molecular formula is C14H20N2O3. The van der Waals surface area contributed by atoms with E-state index in [1.165, 1.54) is 0 Å². The van der Waals surface area contributed by atoms with E-state index < -0.39 is 11.4 Å². The molecule has 0 atom stereocenters. The van der Waals surface area contributed by atoms with Crippen molar-refractivity contribution < 1.29 is 14.7 Å². The average molecular weight is 264 g/mol. The van der Waals surface area contributed by atoms with Crippen molar-refractivity contribution in [1.82, 2.24) is 4.68 Å². The van der Waals surface area contributed by atoms with E-state index in [4.69, 9.17) is 0 Å². The lowest BCUT2D eigenvalue weighted by Gasteiger charge is -2.23. The van der Waals surface area contributed by atoms with Gasteiger partial charge in [-0.1, -0.05) is 12.8 Å². The predicted molar refractivity (Wildman–Crippen MR) is 71.4 cm³/mol. The molecule has 1 fully saturated rings. The van der Waals surface area contributed by atoms with Crippen LogP contribution in [0.15, 0.2) is 12.1 Å². The Kier molecular flexibility index (Phi) is 3.64. The number of carbonyl (C=O) groups is 2. The topological polar surface area (TPSA) is 71.3 Å². The zero-order valence-electron chi connectivity index (χ0n) is 11.4. The highest BCUT2D eigenvalue weighted by molar-refractivity contribution is 5.89. The number of aryl methyl sites for hydroxylation is 2. The van der Waals surface area contributed by atoms with Gasteiger partial charge in [0.25, 0.3) is 0 Å². The van der Waals surface area contributed by atoms with Gasteiger partial charge in [-0.2, -0.15) is 0 Å². The summed E-state index contributed by atoms with van der Waals surface area (Å²) in [7, 11) is 0. The van der Waals surface area contributed by atoms with Gasteiger partial charge in [-0.25, -0.2) is 0 Å². The molecule has 1 aromatic rings. The van der Waals surface area contributed by atoms with Crippen molar-refractivity contribution >= 4 is 11.9 Å². The van der Waals surface area contributed by atoms with Crippen molar-refractivity contribution in [3.63, 3.8) is 0 Å². The first-order valence-corrected chi connectivity index (χ1v) is 6.63. The molecular weight excluding hydrogens is 244 g/mol. The number of rotatable bonds is 4. The van der Waals surface area contributed by atoms with Crippen LogP contribution < -0.4 is 5.43 Å². The molecule has 1 aromatic heterocycles. The number of carboxylic acid groups (broad SMARTS) is 1. The Balaban J connectivity index is 2.07. The van der Waals surface area contributed by atoms with E-state index in [1.54, 1.807) is 4.68 Å². The Bertz CT molecular complexity index is 479. The number of carboxylic acids is 1. The van der Waals surface area contributed by atoms with E-state index in [0.29, 0.717) is 12.8 Å². The second-order valence-corrected chi connectivity index (χ2v) is 5.46. The monoisotopic (exact) mass is 264 g/mol. The zero-order valence-corrected chi connectivity index (χ0v) is 11.4. The van der Waals surface area contributed by atoms with Crippen molar-refractivity contribution in [2.45, 2.75) is 46.0 Å². The molecule has 0 unspecified atom stereocenters. The number of hydrogen-bond acceptors (Lipinski definition) is 2. The quantitative estimate of drug-likeness (QED) is 0.875. The van der Waals surface area contributed by atoms with E-state index in [-0.39, 0.29) is 12.3 Å². The van der Waals surface area contributed by atoms with Gasteiger partial charge in [0.05, 0.1) is 5.41 Å². The molecule has 1 amide bonds. The summed E-state index contributed by atoms with van der Waals surface area (Å²) in [6.07, 6.45) is 3.03. The lowest BCUT2D eigenvalue weighted by Crippen LogP contribution is -2.35. The summed E-state index contributed by atoms with van der Waals surface area (Å²) in [4.78, 5) is 23.5. The van der Waals surface area contributed by atoms with Gasteiger partial charge in [-0.3, -0.25) is 19.7 Å².